The van der Waals surface area contributed by atoms with Crippen molar-refractivity contribution in [2.75, 3.05) is 0 Å². The van der Waals surface area contributed by atoms with E-state index in [0.717, 1.165) is 28.9 Å². The van der Waals surface area contributed by atoms with Gasteiger partial charge in [0.2, 0.25) is 0 Å². The van der Waals surface area contributed by atoms with Gasteiger partial charge < -0.3 is 0 Å². The molecule has 0 bridgehead atoms. The van der Waals surface area contributed by atoms with Crippen LogP contribution in [-0.2, 0) is 6.42 Å². The van der Waals surface area contributed by atoms with Gasteiger partial charge in [-0.05, 0) is 55.3 Å². The molecule has 28 heavy (non-hydrogen) atoms. The van der Waals surface area contributed by atoms with Gasteiger partial charge in [-0.2, -0.15) is 5.10 Å². The van der Waals surface area contributed by atoms with Gasteiger partial charge in [0, 0.05) is 11.0 Å². The molecule has 4 heteroatoms. The molecule has 0 saturated carbocycles. The Balaban J connectivity index is 1.63. The summed E-state index contributed by atoms with van der Waals surface area (Å²) in [5.41, 5.74) is 4.52. The number of ketones is 1. The van der Waals surface area contributed by atoms with E-state index in [2.05, 4.69) is 25.0 Å². The molecule has 0 saturated heterocycles. The van der Waals surface area contributed by atoms with E-state index in [1.165, 1.54) is 12.1 Å². The van der Waals surface area contributed by atoms with Crippen molar-refractivity contribution in [3.63, 3.8) is 0 Å². The second-order valence-electron chi connectivity index (χ2n) is 7.43. The summed E-state index contributed by atoms with van der Waals surface area (Å²) in [6, 6.07) is 15.6. The Kier molecular flexibility index (Phi) is 4.55. The summed E-state index contributed by atoms with van der Waals surface area (Å²) in [5, 5.41) is 4.50. The first-order valence-corrected chi connectivity index (χ1v) is 9.26. The fourth-order valence-electron chi connectivity index (χ4n) is 3.52. The molecule has 0 radical (unpaired) electrons. The Labute approximate surface area is 163 Å². The summed E-state index contributed by atoms with van der Waals surface area (Å²) in [5.74, 6) is -0.264. The van der Waals surface area contributed by atoms with E-state index in [1.807, 2.05) is 47.3 Å². The van der Waals surface area contributed by atoms with E-state index in [9.17, 15) is 9.18 Å². The third kappa shape index (κ3) is 3.33. The fraction of sp³-hybridized carbons (Fsp3) is 0.167. The minimum absolute atomic E-state index is 0.00225. The molecule has 0 spiro atoms. The molecule has 1 aliphatic rings. The van der Waals surface area contributed by atoms with E-state index in [1.54, 1.807) is 18.2 Å². The highest BCUT2D eigenvalue weighted by Crippen LogP contribution is 2.40. The van der Waals surface area contributed by atoms with Crippen LogP contribution in [0.15, 0.2) is 78.5 Å². The maximum absolute atomic E-state index is 13.2. The lowest BCUT2D eigenvalue weighted by Gasteiger charge is -2.31. The van der Waals surface area contributed by atoms with Gasteiger partial charge in [0.05, 0.1) is 17.6 Å². The van der Waals surface area contributed by atoms with Gasteiger partial charge in [-0.1, -0.05) is 48.9 Å². The van der Waals surface area contributed by atoms with Gasteiger partial charge >= 0.3 is 0 Å². The molecule has 1 atom stereocenters. The number of rotatable bonds is 4. The highest BCUT2D eigenvalue weighted by Gasteiger charge is 2.31. The van der Waals surface area contributed by atoms with Crippen LogP contribution in [0.2, 0.25) is 0 Å². The number of carbonyl (C=O) groups excluding carboxylic acids is 1. The smallest absolute Gasteiger partial charge is 0.185 e. The topological polar surface area (TPSA) is 34.9 Å². The predicted octanol–water partition coefficient (Wildman–Crippen LogP) is 5.42. The Bertz CT molecular complexity index is 1080. The van der Waals surface area contributed by atoms with Gasteiger partial charge in [-0.25, -0.2) is 9.07 Å². The van der Waals surface area contributed by atoms with E-state index >= 15 is 0 Å². The van der Waals surface area contributed by atoms with Crippen LogP contribution in [0.4, 0.5) is 4.39 Å². The van der Waals surface area contributed by atoms with Crippen LogP contribution in [-0.4, -0.2) is 15.6 Å². The molecule has 4 rings (SSSR count). The largest absolute Gasteiger partial charge is 0.289 e. The molecule has 1 aliphatic carbocycles. The number of fused-ring (bicyclic) bond motifs is 1. The van der Waals surface area contributed by atoms with Crippen molar-refractivity contribution < 1.29 is 9.18 Å². The normalized spacial score (nSPS) is 18.8. The lowest BCUT2D eigenvalue weighted by molar-refractivity contribution is 0.104. The number of aromatic nitrogens is 2. The number of nitrogens with zero attached hydrogens (tertiary/aromatic N) is 2. The summed E-state index contributed by atoms with van der Waals surface area (Å²) in [4.78, 5) is 12.4. The first-order valence-electron chi connectivity index (χ1n) is 9.26. The highest BCUT2D eigenvalue weighted by molar-refractivity contribution is 6.04. The van der Waals surface area contributed by atoms with E-state index < -0.39 is 0 Å². The summed E-state index contributed by atoms with van der Waals surface area (Å²) >= 11 is 0. The van der Waals surface area contributed by atoms with Gasteiger partial charge in [-0.3, -0.25) is 4.79 Å². The quantitative estimate of drug-likeness (QED) is 0.453. The summed E-state index contributed by atoms with van der Waals surface area (Å²) in [7, 11) is 0. The van der Waals surface area contributed by atoms with Crippen molar-refractivity contribution in [1.82, 2.24) is 9.78 Å². The zero-order valence-electron chi connectivity index (χ0n) is 15.9. The van der Waals surface area contributed by atoms with Crippen molar-refractivity contribution >= 4 is 11.9 Å². The van der Waals surface area contributed by atoms with Gasteiger partial charge in [0.1, 0.15) is 5.82 Å². The monoisotopic (exact) mass is 372 g/mol. The van der Waals surface area contributed by atoms with Crippen LogP contribution < -0.4 is 0 Å². The molecule has 3 aromatic rings. The second-order valence-corrected chi connectivity index (χ2v) is 7.43. The van der Waals surface area contributed by atoms with Crippen molar-refractivity contribution in [3.05, 3.63) is 101 Å². The summed E-state index contributed by atoms with van der Waals surface area (Å²) in [6.07, 6.45) is 8.37. The van der Waals surface area contributed by atoms with Gasteiger partial charge in [0.15, 0.2) is 5.78 Å². The van der Waals surface area contributed by atoms with Crippen molar-refractivity contribution in [2.45, 2.75) is 20.3 Å². The molecule has 140 valence electrons. The van der Waals surface area contributed by atoms with Gasteiger partial charge in [-0.15, -0.1) is 0 Å². The first kappa shape index (κ1) is 18.1. The molecule has 0 fully saturated rings. The average molecular weight is 372 g/mol. The summed E-state index contributed by atoms with van der Waals surface area (Å²) in [6.45, 7) is 4.20. The molecular formula is C24H21FN2O. The van der Waals surface area contributed by atoms with Crippen LogP contribution in [0.3, 0.4) is 0 Å². The Hall–Kier alpha value is -3.27. The molecule has 0 N–H and O–H groups in total. The van der Waals surface area contributed by atoms with Crippen LogP contribution in [0, 0.1) is 11.2 Å². The molecule has 2 aromatic carbocycles. The van der Waals surface area contributed by atoms with E-state index in [0.29, 0.717) is 5.56 Å². The minimum atomic E-state index is -0.266. The standard InChI is InChI=1S/C24H21FN2O/c1-17-14-22-19(16-26-27(22)21-10-8-20(25)9-11-21)15-24(17,2)13-12-23(28)18-6-4-3-5-7-18/h3-14,16H,15H2,1-2H3/t24-/m0/s1. The Morgan fingerprint density at radius 1 is 1.14 bits per heavy atom. The van der Waals surface area contributed by atoms with Crippen molar-refractivity contribution in [3.8, 4) is 5.69 Å². The van der Waals surface area contributed by atoms with E-state index in [4.69, 9.17) is 0 Å². The highest BCUT2D eigenvalue weighted by atomic mass is 19.1. The van der Waals surface area contributed by atoms with Gasteiger partial charge in [0.25, 0.3) is 0 Å². The molecule has 0 aliphatic heterocycles. The SMILES string of the molecule is CC1=Cc2c(cnn2-c2ccc(F)cc2)C[C@]1(C)C=CC(=O)c1ccccc1. The van der Waals surface area contributed by atoms with Crippen molar-refractivity contribution in [2.24, 2.45) is 5.41 Å². The van der Waals surface area contributed by atoms with Crippen LogP contribution in [0.1, 0.15) is 35.5 Å². The molecule has 0 amide bonds. The number of hydrogen-bond acceptors (Lipinski definition) is 2. The lowest BCUT2D eigenvalue weighted by atomic mass is 9.73. The molecular weight excluding hydrogens is 351 g/mol. The fourth-order valence-corrected chi connectivity index (χ4v) is 3.52. The number of carbonyl (C=O) groups is 1. The average Bonchev–Trinajstić information content (AvgIpc) is 3.10. The first-order chi connectivity index (χ1) is 13.5. The van der Waals surface area contributed by atoms with Crippen LogP contribution in [0.25, 0.3) is 11.8 Å². The third-order valence-electron chi connectivity index (χ3n) is 5.43. The number of hydrogen-bond donors (Lipinski definition) is 0. The van der Waals surface area contributed by atoms with Crippen molar-refractivity contribution in [1.29, 1.82) is 0 Å². The predicted molar refractivity (Wildman–Crippen MR) is 109 cm³/mol. The number of benzene rings is 2. The lowest BCUT2D eigenvalue weighted by Crippen LogP contribution is -2.22. The zero-order chi connectivity index (χ0) is 19.7. The van der Waals surface area contributed by atoms with Crippen LogP contribution >= 0.6 is 0 Å². The number of halogens is 1. The molecule has 0 unspecified atom stereocenters. The zero-order valence-corrected chi connectivity index (χ0v) is 15.9. The number of allylic oxidation sites excluding steroid dienone is 3. The molecule has 1 aromatic heterocycles. The summed E-state index contributed by atoms with van der Waals surface area (Å²) < 4.78 is 15.1. The van der Waals surface area contributed by atoms with Crippen LogP contribution in [0.5, 0.6) is 0 Å². The minimum Gasteiger partial charge on any atom is -0.289 e. The maximum Gasteiger partial charge on any atom is 0.185 e. The Morgan fingerprint density at radius 2 is 1.86 bits per heavy atom. The third-order valence-corrected chi connectivity index (χ3v) is 5.43. The second kappa shape index (κ2) is 7.04. The Morgan fingerprint density at radius 3 is 2.57 bits per heavy atom. The molecule has 3 nitrogen and oxygen atoms in total. The molecule has 1 heterocycles. The van der Waals surface area contributed by atoms with E-state index in [-0.39, 0.29) is 17.0 Å². The maximum atomic E-state index is 13.2.